The Hall–Kier alpha value is -0.980. The fraction of sp³-hybridized carbons (Fsp3) is 0.625. The van der Waals surface area contributed by atoms with Gasteiger partial charge in [0.2, 0.25) is 0 Å². The highest BCUT2D eigenvalue weighted by molar-refractivity contribution is 5.57. The Labute approximate surface area is 117 Å². The van der Waals surface area contributed by atoms with E-state index in [0.29, 0.717) is 5.69 Å². The average molecular weight is 239 g/mol. The Morgan fingerprint density at radius 2 is 2.00 bits per heavy atom. The van der Waals surface area contributed by atoms with Crippen LogP contribution in [0.2, 0.25) is 0 Å². The zero-order chi connectivity index (χ0) is 19.6. The minimum atomic E-state index is -3.00. The van der Waals surface area contributed by atoms with E-state index in [-0.39, 0.29) is 0 Å². The SMILES string of the molecule is [2H]C([2H])([2H])C1(C([2H])([2H])[2H])[C@H](C)N(c2ccccc2C)C(C)(C)C1([2H])[2H]. The first-order chi connectivity index (χ1) is 11.0. The van der Waals surface area contributed by atoms with Crippen molar-refractivity contribution in [1.82, 2.24) is 0 Å². The number of anilines is 1. The standard InChI is InChI=1S/C16H25N/c1-12-9-7-8-10-14(12)17-13(2)15(3,4)11-16(17,5)6/h7-10,13H,11H2,1-6H3/t13-/m0/s1/i3D3,4D3,11D2. The Morgan fingerprint density at radius 1 is 1.35 bits per heavy atom. The van der Waals surface area contributed by atoms with Gasteiger partial charge in [-0.05, 0) is 51.1 Å². The van der Waals surface area contributed by atoms with Crippen LogP contribution in [-0.2, 0) is 0 Å². The summed E-state index contributed by atoms with van der Waals surface area (Å²) in [5.74, 6) is 0. The van der Waals surface area contributed by atoms with Crippen LogP contribution in [-0.4, -0.2) is 11.6 Å². The van der Waals surface area contributed by atoms with Crippen molar-refractivity contribution in [3.63, 3.8) is 0 Å². The lowest BCUT2D eigenvalue weighted by atomic mass is 9.82. The van der Waals surface area contributed by atoms with Crippen molar-refractivity contribution in [2.24, 2.45) is 5.41 Å². The van der Waals surface area contributed by atoms with E-state index in [2.05, 4.69) is 0 Å². The summed E-state index contributed by atoms with van der Waals surface area (Å²) < 4.78 is 65.4. The lowest BCUT2D eigenvalue weighted by Crippen LogP contribution is -2.43. The molecule has 0 bridgehead atoms. The van der Waals surface area contributed by atoms with Gasteiger partial charge in [-0.15, -0.1) is 0 Å². The third-order valence-electron chi connectivity index (χ3n) is 3.49. The molecule has 1 aliphatic heterocycles. The summed E-state index contributed by atoms with van der Waals surface area (Å²) in [6.07, 6.45) is -2.49. The molecule has 1 fully saturated rings. The summed E-state index contributed by atoms with van der Waals surface area (Å²) in [5.41, 5.74) is -2.36. The summed E-state index contributed by atoms with van der Waals surface area (Å²) >= 11 is 0. The zero-order valence-corrected chi connectivity index (χ0v) is 10.8. The van der Waals surface area contributed by atoms with Crippen LogP contribution in [0.3, 0.4) is 0 Å². The van der Waals surface area contributed by atoms with Gasteiger partial charge in [0, 0.05) is 28.2 Å². The number of aryl methyl sites for hydroxylation is 1. The van der Waals surface area contributed by atoms with Crippen LogP contribution in [0, 0.1) is 12.3 Å². The van der Waals surface area contributed by atoms with Gasteiger partial charge in [0.05, 0.1) is 0 Å². The molecule has 0 aromatic heterocycles. The Balaban J connectivity index is 2.88. The summed E-state index contributed by atoms with van der Waals surface area (Å²) in [4.78, 5) is 1.64. The Bertz CT molecular complexity index is 645. The molecule has 0 unspecified atom stereocenters. The van der Waals surface area contributed by atoms with E-state index in [9.17, 15) is 0 Å². The number of rotatable bonds is 1. The van der Waals surface area contributed by atoms with Gasteiger partial charge in [-0.3, -0.25) is 0 Å². The number of para-hydroxylation sites is 1. The van der Waals surface area contributed by atoms with Crippen LogP contribution in [0.25, 0.3) is 0 Å². The van der Waals surface area contributed by atoms with Crippen LogP contribution in [0.4, 0.5) is 5.69 Å². The van der Waals surface area contributed by atoms with Gasteiger partial charge in [0.15, 0.2) is 0 Å². The highest BCUT2D eigenvalue weighted by Gasteiger charge is 2.48. The number of hydrogen-bond donors (Lipinski definition) is 0. The van der Waals surface area contributed by atoms with Crippen LogP contribution < -0.4 is 4.90 Å². The number of benzene rings is 1. The maximum Gasteiger partial charge on any atom is 0.0402 e. The smallest absolute Gasteiger partial charge is 0.0402 e. The molecule has 1 aromatic rings. The van der Waals surface area contributed by atoms with Crippen molar-refractivity contribution in [2.45, 2.75) is 59.4 Å². The topological polar surface area (TPSA) is 3.24 Å². The van der Waals surface area contributed by atoms with Crippen molar-refractivity contribution < 1.29 is 11.0 Å². The average Bonchev–Trinajstić information content (AvgIpc) is 2.50. The fourth-order valence-electron chi connectivity index (χ4n) is 2.67. The van der Waals surface area contributed by atoms with Crippen molar-refractivity contribution in [2.75, 3.05) is 4.90 Å². The molecule has 1 atom stereocenters. The third kappa shape index (κ3) is 1.96. The first-order valence-electron chi connectivity index (χ1n) is 9.90. The second-order valence-electron chi connectivity index (χ2n) is 5.32. The predicted molar refractivity (Wildman–Crippen MR) is 75.6 cm³/mol. The highest BCUT2D eigenvalue weighted by atomic mass is 15.3. The molecule has 2 rings (SSSR count). The molecule has 1 nitrogen and oxygen atoms in total. The molecule has 0 amide bonds. The maximum absolute atomic E-state index is 8.69. The highest BCUT2D eigenvalue weighted by Crippen LogP contribution is 2.48. The van der Waals surface area contributed by atoms with Crippen LogP contribution in [0.1, 0.15) is 57.4 Å². The van der Waals surface area contributed by atoms with Gasteiger partial charge in [-0.1, -0.05) is 31.9 Å². The van der Waals surface area contributed by atoms with Gasteiger partial charge in [-0.2, -0.15) is 0 Å². The zero-order valence-electron chi connectivity index (χ0n) is 18.8. The molecule has 1 aromatic carbocycles. The Morgan fingerprint density at radius 3 is 2.53 bits per heavy atom. The molecule has 0 radical (unpaired) electrons. The molecule has 0 aliphatic carbocycles. The van der Waals surface area contributed by atoms with Gasteiger partial charge < -0.3 is 4.90 Å². The second kappa shape index (κ2) is 3.76. The van der Waals surface area contributed by atoms with Crippen LogP contribution >= 0.6 is 0 Å². The molecule has 94 valence electrons. The summed E-state index contributed by atoms with van der Waals surface area (Å²) in [5, 5.41) is 0. The van der Waals surface area contributed by atoms with E-state index in [4.69, 9.17) is 11.0 Å². The third-order valence-corrected chi connectivity index (χ3v) is 3.49. The van der Waals surface area contributed by atoms with E-state index in [1.54, 1.807) is 30.9 Å². The van der Waals surface area contributed by atoms with Crippen molar-refractivity contribution >= 4 is 5.69 Å². The molecule has 1 aliphatic rings. The molecule has 1 saturated heterocycles. The van der Waals surface area contributed by atoms with Gasteiger partial charge in [0.1, 0.15) is 0 Å². The molecule has 0 N–H and O–H groups in total. The molecule has 1 heterocycles. The monoisotopic (exact) mass is 239 g/mol. The quantitative estimate of drug-likeness (QED) is 0.702. The van der Waals surface area contributed by atoms with E-state index in [1.165, 1.54) is 6.92 Å². The molecule has 17 heavy (non-hydrogen) atoms. The summed E-state index contributed by atoms with van der Waals surface area (Å²) in [7, 11) is 0. The van der Waals surface area contributed by atoms with Crippen molar-refractivity contribution in [1.29, 1.82) is 0 Å². The molecule has 0 spiro atoms. The van der Waals surface area contributed by atoms with Gasteiger partial charge in [-0.25, -0.2) is 0 Å². The number of hydrogen-bond acceptors (Lipinski definition) is 1. The maximum atomic E-state index is 8.69. The van der Waals surface area contributed by atoms with Crippen molar-refractivity contribution in [3.8, 4) is 0 Å². The summed E-state index contributed by atoms with van der Waals surface area (Å²) in [6, 6.07) is 6.18. The minimum absolute atomic E-state index is 0.652. The first kappa shape index (κ1) is 5.77. The van der Waals surface area contributed by atoms with Gasteiger partial charge in [0.25, 0.3) is 0 Å². The lowest BCUT2D eigenvalue weighted by Gasteiger charge is -2.38. The second-order valence-corrected chi connectivity index (χ2v) is 5.32. The van der Waals surface area contributed by atoms with Crippen LogP contribution in [0.15, 0.2) is 24.3 Å². The minimum Gasteiger partial charge on any atom is -0.363 e. The largest absolute Gasteiger partial charge is 0.363 e. The van der Waals surface area contributed by atoms with Crippen molar-refractivity contribution in [3.05, 3.63) is 29.8 Å². The normalized spacial score (nSPS) is 37.6. The fourth-order valence-corrected chi connectivity index (χ4v) is 2.67. The molecule has 1 heteroatoms. The lowest BCUT2D eigenvalue weighted by molar-refractivity contribution is 0.329. The molecular weight excluding hydrogens is 206 g/mol. The predicted octanol–water partition coefficient (Wildman–Crippen LogP) is 4.40. The van der Waals surface area contributed by atoms with Gasteiger partial charge >= 0.3 is 0 Å². The first-order valence-corrected chi connectivity index (χ1v) is 5.90. The number of nitrogens with zero attached hydrogens (tertiary/aromatic N) is 1. The summed E-state index contributed by atoms with van der Waals surface area (Å²) in [6.45, 7) is 0.506. The van der Waals surface area contributed by atoms with E-state index in [1.807, 2.05) is 19.1 Å². The molecule has 0 saturated carbocycles. The van der Waals surface area contributed by atoms with E-state index in [0.717, 1.165) is 5.56 Å². The van der Waals surface area contributed by atoms with E-state index < -0.39 is 37.1 Å². The van der Waals surface area contributed by atoms with Crippen LogP contribution in [0.5, 0.6) is 0 Å². The Kier molecular flexibility index (Phi) is 1.28. The molecular formula is C16H25N. The van der Waals surface area contributed by atoms with E-state index >= 15 is 0 Å².